The van der Waals surface area contributed by atoms with E-state index in [0.717, 1.165) is 31.5 Å². The van der Waals surface area contributed by atoms with Crippen LogP contribution in [-0.4, -0.2) is 59.8 Å². The average Bonchev–Trinajstić information content (AvgIpc) is 3.55. The van der Waals surface area contributed by atoms with Crippen LogP contribution in [0.3, 0.4) is 0 Å². The number of hydrogen-bond donors (Lipinski definition) is 1. The summed E-state index contributed by atoms with van der Waals surface area (Å²) < 4.78 is 10.7. The van der Waals surface area contributed by atoms with E-state index in [2.05, 4.69) is 15.5 Å². The fourth-order valence-corrected chi connectivity index (χ4v) is 3.90. The third kappa shape index (κ3) is 5.84. The zero-order chi connectivity index (χ0) is 23.0. The highest BCUT2D eigenvalue weighted by Gasteiger charge is 2.28. The summed E-state index contributed by atoms with van der Waals surface area (Å²) in [6.45, 7) is 1.95. The Morgan fingerprint density at radius 3 is 2.64 bits per heavy atom. The zero-order valence-electron chi connectivity index (χ0n) is 18.7. The maximum atomic E-state index is 13.2. The number of hydrogen-bond acceptors (Lipinski definition) is 6. The molecule has 8 heteroatoms. The van der Waals surface area contributed by atoms with Crippen molar-refractivity contribution in [2.24, 2.45) is 0 Å². The molecule has 2 heterocycles. The second-order valence-electron chi connectivity index (χ2n) is 8.07. The fourth-order valence-electron chi connectivity index (χ4n) is 3.90. The number of benzene rings is 2. The average molecular weight is 449 g/mol. The van der Waals surface area contributed by atoms with Crippen LogP contribution in [0, 0.1) is 0 Å². The molecular weight excluding hydrogens is 420 g/mol. The molecule has 8 nitrogen and oxygen atoms in total. The first-order valence-electron chi connectivity index (χ1n) is 11.2. The smallest absolute Gasteiger partial charge is 0.251 e. The highest BCUT2D eigenvalue weighted by Crippen LogP contribution is 2.20. The van der Waals surface area contributed by atoms with Gasteiger partial charge in [0.25, 0.3) is 5.91 Å². The van der Waals surface area contributed by atoms with E-state index in [4.69, 9.17) is 9.15 Å². The fraction of sp³-hybridized carbons (Fsp3) is 0.360. The summed E-state index contributed by atoms with van der Waals surface area (Å²) in [7, 11) is 1.61. The summed E-state index contributed by atoms with van der Waals surface area (Å²) in [4.78, 5) is 28.1. The summed E-state index contributed by atoms with van der Waals surface area (Å²) in [5.74, 6) is 0.454. The maximum Gasteiger partial charge on any atom is 0.251 e. The van der Waals surface area contributed by atoms with Gasteiger partial charge < -0.3 is 19.4 Å². The van der Waals surface area contributed by atoms with Crippen LogP contribution in [0.2, 0.25) is 0 Å². The van der Waals surface area contributed by atoms with Gasteiger partial charge in [-0.15, -0.1) is 10.2 Å². The van der Waals surface area contributed by atoms with Crippen molar-refractivity contribution in [2.45, 2.75) is 31.7 Å². The SMILES string of the molecule is COCCc1nnc(-c2cccc(C(=O)NC(Cc3ccccc3)C(=O)N3CCCC3)c2)o1. The Kier molecular flexibility index (Phi) is 7.47. The molecule has 1 aliphatic rings. The lowest BCUT2D eigenvalue weighted by molar-refractivity contribution is -0.132. The van der Waals surface area contributed by atoms with E-state index in [0.29, 0.717) is 42.4 Å². The van der Waals surface area contributed by atoms with Crippen molar-refractivity contribution >= 4 is 11.8 Å². The van der Waals surface area contributed by atoms with Gasteiger partial charge in [-0.05, 0) is 36.6 Å². The number of rotatable bonds is 9. The highest BCUT2D eigenvalue weighted by molar-refractivity contribution is 5.98. The van der Waals surface area contributed by atoms with Crippen molar-refractivity contribution in [3.05, 3.63) is 71.6 Å². The predicted molar refractivity (Wildman–Crippen MR) is 123 cm³/mol. The Morgan fingerprint density at radius 1 is 1.09 bits per heavy atom. The van der Waals surface area contributed by atoms with Crippen molar-refractivity contribution in [1.29, 1.82) is 0 Å². The first-order chi connectivity index (χ1) is 16.1. The summed E-state index contributed by atoms with van der Waals surface area (Å²) in [6.07, 6.45) is 2.95. The van der Waals surface area contributed by atoms with Gasteiger partial charge >= 0.3 is 0 Å². The lowest BCUT2D eigenvalue weighted by Crippen LogP contribution is -2.49. The maximum absolute atomic E-state index is 13.2. The van der Waals surface area contributed by atoms with Gasteiger partial charge in [0.15, 0.2) is 0 Å². The second-order valence-corrected chi connectivity index (χ2v) is 8.07. The molecule has 0 spiro atoms. The summed E-state index contributed by atoms with van der Waals surface area (Å²) in [5, 5.41) is 11.0. The lowest BCUT2D eigenvalue weighted by atomic mass is 10.0. The van der Waals surface area contributed by atoms with Crippen LogP contribution in [-0.2, 0) is 22.4 Å². The molecule has 3 aromatic rings. The Bertz CT molecular complexity index is 1080. The summed E-state index contributed by atoms with van der Waals surface area (Å²) in [6, 6.07) is 16.1. The van der Waals surface area contributed by atoms with Gasteiger partial charge in [-0.2, -0.15) is 0 Å². The molecule has 1 saturated heterocycles. The van der Waals surface area contributed by atoms with E-state index in [1.807, 2.05) is 35.2 Å². The minimum Gasteiger partial charge on any atom is -0.421 e. The molecule has 0 aliphatic carbocycles. The third-order valence-corrected chi connectivity index (χ3v) is 5.66. The molecule has 4 rings (SSSR count). The number of ether oxygens (including phenoxy) is 1. The first-order valence-corrected chi connectivity index (χ1v) is 11.2. The van der Waals surface area contributed by atoms with Crippen LogP contribution < -0.4 is 5.32 Å². The summed E-state index contributed by atoms with van der Waals surface area (Å²) >= 11 is 0. The van der Waals surface area contributed by atoms with Gasteiger partial charge in [0.1, 0.15) is 6.04 Å². The van der Waals surface area contributed by atoms with Gasteiger partial charge in [-0.1, -0.05) is 36.4 Å². The van der Waals surface area contributed by atoms with Gasteiger partial charge in [0.2, 0.25) is 17.7 Å². The standard InChI is InChI=1S/C25H28N4O4/c1-32-15-12-22-27-28-24(33-22)20-11-7-10-19(17-20)23(30)26-21(16-18-8-3-2-4-9-18)25(31)29-13-5-6-14-29/h2-4,7-11,17,21H,5-6,12-16H2,1H3,(H,26,30). The first kappa shape index (κ1) is 22.7. The number of nitrogens with one attached hydrogen (secondary N) is 1. The molecule has 1 N–H and O–H groups in total. The number of amides is 2. The van der Waals surface area contributed by atoms with Crippen molar-refractivity contribution in [3.8, 4) is 11.5 Å². The number of aromatic nitrogens is 2. The van der Waals surface area contributed by atoms with Crippen molar-refractivity contribution in [2.75, 3.05) is 26.8 Å². The highest BCUT2D eigenvalue weighted by atomic mass is 16.5. The van der Waals surface area contributed by atoms with Crippen molar-refractivity contribution in [1.82, 2.24) is 20.4 Å². The van der Waals surface area contributed by atoms with Crippen LogP contribution in [0.5, 0.6) is 0 Å². The van der Waals surface area contributed by atoms with Gasteiger partial charge in [-0.3, -0.25) is 9.59 Å². The van der Waals surface area contributed by atoms with E-state index in [1.165, 1.54) is 0 Å². The molecular formula is C25H28N4O4. The lowest BCUT2D eigenvalue weighted by Gasteiger charge is -2.24. The number of nitrogens with zero attached hydrogens (tertiary/aromatic N) is 3. The van der Waals surface area contributed by atoms with Gasteiger partial charge in [0, 0.05) is 44.2 Å². The third-order valence-electron chi connectivity index (χ3n) is 5.66. The molecule has 1 unspecified atom stereocenters. The molecule has 33 heavy (non-hydrogen) atoms. The monoisotopic (exact) mass is 448 g/mol. The normalized spacial score (nSPS) is 14.3. The Balaban J connectivity index is 1.50. The van der Waals surface area contributed by atoms with Crippen molar-refractivity contribution in [3.63, 3.8) is 0 Å². The second kappa shape index (κ2) is 10.9. The van der Waals surface area contributed by atoms with E-state index < -0.39 is 6.04 Å². The van der Waals surface area contributed by atoms with Crippen LogP contribution in [0.25, 0.3) is 11.5 Å². The molecule has 1 atom stereocenters. The molecule has 172 valence electrons. The molecule has 1 fully saturated rings. The van der Waals surface area contributed by atoms with E-state index in [9.17, 15) is 9.59 Å². The quantitative estimate of drug-likeness (QED) is 0.541. The Hall–Kier alpha value is -3.52. The van der Waals surface area contributed by atoms with Gasteiger partial charge in [-0.25, -0.2) is 0 Å². The Labute approximate surface area is 193 Å². The van der Waals surface area contributed by atoms with Crippen LogP contribution in [0.4, 0.5) is 0 Å². The molecule has 1 aliphatic heterocycles. The zero-order valence-corrected chi connectivity index (χ0v) is 18.7. The van der Waals surface area contributed by atoms with Gasteiger partial charge in [0.05, 0.1) is 6.61 Å². The Morgan fingerprint density at radius 2 is 1.88 bits per heavy atom. The van der Waals surface area contributed by atoms with E-state index in [1.54, 1.807) is 31.4 Å². The number of likely N-dealkylation sites (tertiary alicyclic amines) is 1. The molecule has 0 saturated carbocycles. The van der Waals surface area contributed by atoms with Crippen LogP contribution >= 0.6 is 0 Å². The number of methoxy groups -OCH3 is 1. The molecule has 2 aromatic carbocycles. The number of carbonyl (C=O) groups is 2. The van der Waals surface area contributed by atoms with E-state index >= 15 is 0 Å². The molecule has 0 radical (unpaired) electrons. The van der Waals surface area contributed by atoms with E-state index in [-0.39, 0.29) is 11.8 Å². The number of carbonyl (C=O) groups excluding carboxylic acids is 2. The topological polar surface area (TPSA) is 97.6 Å². The molecule has 1 aromatic heterocycles. The minimum absolute atomic E-state index is 0.0412. The predicted octanol–water partition coefficient (Wildman–Crippen LogP) is 2.89. The largest absolute Gasteiger partial charge is 0.421 e. The molecule has 2 amide bonds. The van der Waals surface area contributed by atoms with Crippen molar-refractivity contribution < 1.29 is 18.7 Å². The van der Waals surface area contributed by atoms with Crippen LogP contribution in [0.15, 0.2) is 59.0 Å². The summed E-state index contributed by atoms with van der Waals surface area (Å²) in [5.41, 5.74) is 2.07. The minimum atomic E-state index is -0.634. The molecule has 0 bridgehead atoms. The van der Waals surface area contributed by atoms with Crippen LogP contribution in [0.1, 0.15) is 34.7 Å².